The summed E-state index contributed by atoms with van der Waals surface area (Å²) in [5.74, 6) is 0. The predicted molar refractivity (Wildman–Crippen MR) is 100 cm³/mol. The number of alkyl halides is 3. The lowest BCUT2D eigenvalue weighted by molar-refractivity contribution is -0.384. The fraction of sp³-hybridized carbons (Fsp3) is 0.167. The molecule has 0 saturated heterocycles. The maximum atomic E-state index is 12.7. The van der Waals surface area contributed by atoms with Gasteiger partial charge in [0.05, 0.1) is 10.5 Å². The maximum absolute atomic E-state index is 12.7. The lowest BCUT2D eigenvalue weighted by atomic mass is 10.1. The second kappa shape index (κ2) is 8.35. The molecule has 1 N–H and O–H groups in total. The third-order valence-electron chi connectivity index (χ3n) is 3.57. The molecule has 0 radical (unpaired) electrons. The monoisotopic (exact) mass is 378 g/mol. The van der Waals surface area contributed by atoms with Gasteiger partial charge in [-0.05, 0) is 35.9 Å². The van der Waals surface area contributed by atoms with Crippen molar-refractivity contribution in [2.24, 2.45) is 5.10 Å². The topological polar surface area (TPSA) is 70.8 Å². The number of nitrogens with one attached hydrogen (secondary N) is 1. The van der Waals surface area contributed by atoms with Crippen molar-refractivity contribution < 1.29 is 18.1 Å². The van der Waals surface area contributed by atoms with E-state index in [-0.39, 0.29) is 5.69 Å². The number of allylic oxidation sites excluding steroid dienone is 1. The van der Waals surface area contributed by atoms with Gasteiger partial charge in [-0.3, -0.25) is 15.5 Å². The lowest BCUT2D eigenvalue weighted by Crippen LogP contribution is -2.07. The van der Waals surface area contributed by atoms with Gasteiger partial charge in [-0.15, -0.1) is 0 Å². The van der Waals surface area contributed by atoms with E-state index in [0.29, 0.717) is 6.07 Å². The maximum Gasteiger partial charge on any atom is 0.416 e. The Bertz CT molecular complexity index is 860. The Morgan fingerprint density at radius 2 is 1.81 bits per heavy atom. The molecule has 6 nitrogen and oxygen atoms in total. The molecule has 142 valence electrons. The molecule has 0 aliphatic heterocycles. The van der Waals surface area contributed by atoms with Gasteiger partial charge in [0.1, 0.15) is 5.69 Å². The smallest absolute Gasteiger partial charge is 0.378 e. The molecule has 0 spiro atoms. The normalized spacial score (nSPS) is 11.9. The summed E-state index contributed by atoms with van der Waals surface area (Å²) in [6.07, 6.45) is 0.0675. The first-order valence-corrected chi connectivity index (χ1v) is 7.77. The lowest BCUT2D eigenvalue weighted by Gasteiger charge is -2.11. The molecule has 2 rings (SSSR count). The minimum absolute atomic E-state index is 0.131. The highest BCUT2D eigenvalue weighted by atomic mass is 19.4. The van der Waals surface area contributed by atoms with Crippen molar-refractivity contribution >= 4 is 29.4 Å². The second-order valence-corrected chi connectivity index (χ2v) is 5.72. The van der Waals surface area contributed by atoms with E-state index in [4.69, 9.17) is 0 Å². The van der Waals surface area contributed by atoms with Crippen molar-refractivity contribution in [3.05, 3.63) is 69.8 Å². The summed E-state index contributed by atoms with van der Waals surface area (Å²) >= 11 is 0. The van der Waals surface area contributed by atoms with Crippen LogP contribution in [0.2, 0.25) is 0 Å². The number of benzene rings is 2. The van der Waals surface area contributed by atoms with Crippen molar-refractivity contribution in [3.8, 4) is 0 Å². The van der Waals surface area contributed by atoms with E-state index in [1.807, 2.05) is 43.3 Å². The number of rotatable bonds is 6. The molecule has 0 fully saturated rings. The number of anilines is 2. The first-order valence-electron chi connectivity index (χ1n) is 7.77. The van der Waals surface area contributed by atoms with Gasteiger partial charge in [0.25, 0.3) is 5.69 Å². The van der Waals surface area contributed by atoms with Crippen LogP contribution in [0.3, 0.4) is 0 Å². The molecule has 0 heterocycles. The van der Waals surface area contributed by atoms with Crippen molar-refractivity contribution in [3.63, 3.8) is 0 Å². The quantitative estimate of drug-likeness (QED) is 0.446. The average molecular weight is 378 g/mol. The SMILES string of the molecule is CN(C)c1ccc(/C=C/C=N\Nc2ccc(C(F)(F)F)cc2[N+](=O)[O-])cc1. The van der Waals surface area contributed by atoms with Crippen LogP contribution in [0, 0.1) is 10.1 Å². The van der Waals surface area contributed by atoms with Crippen molar-refractivity contribution in [2.45, 2.75) is 6.18 Å². The van der Waals surface area contributed by atoms with Crippen LogP contribution in [-0.4, -0.2) is 25.2 Å². The number of nitrogens with zero attached hydrogens (tertiary/aromatic N) is 3. The minimum atomic E-state index is -4.66. The summed E-state index contributed by atoms with van der Waals surface area (Å²) in [7, 11) is 3.87. The Balaban J connectivity index is 2.06. The molecule has 0 unspecified atom stereocenters. The fourth-order valence-corrected chi connectivity index (χ4v) is 2.14. The van der Waals surface area contributed by atoms with Crippen LogP contribution in [-0.2, 0) is 6.18 Å². The first kappa shape index (κ1) is 20.0. The molecule has 0 aliphatic rings. The highest BCUT2D eigenvalue weighted by Gasteiger charge is 2.33. The van der Waals surface area contributed by atoms with Gasteiger partial charge in [0.2, 0.25) is 0 Å². The number of halogens is 3. The van der Waals surface area contributed by atoms with Gasteiger partial charge in [-0.2, -0.15) is 18.3 Å². The molecule has 0 amide bonds. The molecule has 27 heavy (non-hydrogen) atoms. The predicted octanol–water partition coefficient (Wildman–Crippen LogP) is 4.79. The molecule has 0 atom stereocenters. The van der Waals surface area contributed by atoms with E-state index in [2.05, 4.69) is 10.5 Å². The van der Waals surface area contributed by atoms with Gasteiger partial charge in [0, 0.05) is 32.1 Å². The Labute approximate surface area is 153 Å². The van der Waals surface area contributed by atoms with E-state index in [0.717, 1.165) is 23.4 Å². The molecule has 0 aromatic heterocycles. The van der Waals surface area contributed by atoms with Crippen LogP contribution >= 0.6 is 0 Å². The van der Waals surface area contributed by atoms with Crippen molar-refractivity contribution in [1.82, 2.24) is 0 Å². The highest BCUT2D eigenvalue weighted by molar-refractivity contribution is 5.79. The van der Waals surface area contributed by atoms with Gasteiger partial charge < -0.3 is 4.90 Å². The summed E-state index contributed by atoms with van der Waals surface area (Å²) in [6.45, 7) is 0. The van der Waals surface area contributed by atoms with Crippen LogP contribution in [0.1, 0.15) is 11.1 Å². The van der Waals surface area contributed by atoms with Crippen molar-refractivity contribution in [1.29, 1.82) is 0 Å². The van der Waals surface area contributed by atoms with E-state index in [1.54, 1.807) is 12.2 Å². The summed E-state index contributed by atoms with van der Waals surface area (Å²) in [4.78, 5) is 12.1. The average Bonchev–Trinajstić information content (AvgIpc) is 2.61. The van der Waals surface area contributed by atoms with Gasteiger partial charge in [-0.1, -0.05) is 18.2 Å². The van der Waals surface area contributed by atoms with Crippen LogP contribution in [0.5, 0.6) is 0 Å². The standard InChI is InChI=1S/C18H17F3N4O2/c1-24(2)15-8-5-13(6-9-15)4-3-11-22-23-16-10-7-14(18(19,20)21)12-17(16)25(26)27/h3-12,23H,1-2H3/b4-3+,22-11-. The zero-order chi connectivity index (χ0) is 20.0. The van der Waals surface area contributed by atoms with E-state index in [1.165, 1.54) is 6.21 Å². The second-order valence-electron chi connectivity index (χ2n) is 5.72. The van der Waals surface area contributed by atoms with E-state index >= 15 is 0 Å². The Morgan fingerprint density at radius 1 is 1.15 bits per heavy atom. The third-order valence-corrected chi connectivity index (χ3v) is 3.57. The number of hydrogen-bond donors (Lipinski definition) is 1. The van der Waals surface area contributed by atoms with E-state index < -0.39 is 22.4 Å². The van der Waals surface area contributed by atoms with Crippen LogP contribution in [0.25, 0.3) is 6.08 Å². The molecular formula is C18H17F3N4O2. The molecular weight excluding hydrogens is 361 g/mol. The highest BCUT2D eigenvalue weighted by Crippen LogP contribution is 2.34. The Hall–Kier alpha value is -3.36. The van der Waals surface area contributed by atoms with Crippen LogP contribution < -0.4 is 10.3 Å². The minimum Gasteiger partial charge on any atom is -0.378 e. The summed E-state index contributed by atoms with van der Waals surface area (Å²) in [5.41, 5.74) is 2.43. The molecule has 2 aromatic carbocycles. The zero-order valence-corrected chi connectivity index (χ0v) is 14.6. The van der Waals surface area contributed by atoms with Gasteiger partial charge in [-0.25, -0.2) is 0 Å². The summed E-state index contributed by atoms with van der Waals surface area (Å²) < 4.78 is 38.0. The molecule has 0 aliphatic carbocycles. The van der Waals surface area contributed by atoms with Gasteiger partial charge in [0.15, 0.2) is 0 Å². The Kier molecular flexibility index (Phi) is 6.17. The molecule has 2 aromatic rings. The first-order chi connectivity index (χ1) is 12.7. The largest absolute Gasteiger partial charge is 0.416 e. The molecule has 0 saturated carbocycles. The summed E-state index contributed by atoms with van der Waals surface area (Å²) in [6, 6.07) is 9.91. The zero-order valence-electron chi connectivity index (χ0n) is 14.6. The number of hydrogen-bond acceptors (Lipinski definition) is 5. The summed E-state index contributed by atoms with van der Waals surface area (Å²) in [5, 5.41) is 14.8. The van der Waals surface area contributed by atoms with Gasteiger partial charge >= 0.3 is 6.18 Å². The van der Waals surface area contributed by atoms with E-state index in [9.17, 15) is 23.3 Å². The van der Waals surface area contributed by atoms with Crippen LogP contribution in [0.15, 0.2) is 53.6 Å². The number of nitro groups is 1. The van der Waals surface area contributed by atoms with Crippen LogP contribution in [0.4, 0.5) is 30.2 Å². The molecule has 0 bridgehead atoms. The number of hydrazone groups is 1. The fourth-order valence-electron chi connectivity index (χ4n) is 2.14. The molecule has 9 heteroatoms. The Morgan fingerprint density at radius 3 is 2.37 bits per heavy atom. The number of nitro benzene ring substituents is 1. The van der Waals surface area contributed by atoms with Crippen molar-refractivity contribution in [2.75, 3.05) is 24.4 Å². The third kappa shape index (κ3) is 5.56.